The average molecular weight is 240 g/mol. The minimum absolute atomic E-state index is 0.144. The lowest BCUT2D eigenvalue weighted by Crippen LogP contribution is -2.56. The molecule has 1 amide bonds. The Bertz CT molecular complexity index is 275. The molecule has 0 aromatic rings. The fourth-order valence-electron chi connectivity index (χ4n) is 2.93. The summed E-state index contributed by atoms with van der Waals surface area (Å²) < 4.78 is 5.40. The second kappa shape index (κ2) is 5.36. The highest BCUT2D eigenvalue weighted by Gasteiger charge is 2.41. The van der Waals surface area contributed by atoms with Crippen LogP contribution < -0.4 is 5.32 Å². The van der Waals surface area contributed by atoms with E-state index in [1.807, 2.05) is 0 Å². The number of carbonyl (C=O) groups excluding carboxylic acids is 1. The Balaban J connectivity index is 2.05. The number of hydrogen-bond donors (Lipinski definition) is 1. The number of hydrogen-bond acceptors (Lipinski definition) is 3. The Labute approximate surface area is 104 Å². The molecular weight excluding hydrogens is 216 g/mol. The van der Waals surface area contributed by atoms with Gasteiger partial charge in [-0.15, -0.1) is 0 Å². The van der Waals surface area contributed by atoms with Crippen molar-refractivity contribution >= 4 is 5.91 Å². The number of amides is 1. The van der Waals surface area contributed by atoms with Crippen LogP contribution in [0.5, 0.6) is 0 Å². The number of ether oxygens (including phenoxy) is 1. The summed E-state index contributed by atoms with van der Waals surface area (Å²) in [5.41, 5.74) is -0.144. The van der Waals surface area contributed by atoms with Gasteiger partial charge in [0.05, 0.1) is 5.41 Å². The smallest absolute Gasteiger partial charge is 0.229 e. The molecule has 0 unspecified atom stereocenters. The van der Waals surface area contributed by atoms with Crippen molar-refractivity contribution in [2.24, 2.45) is 5.41 Å². The lowest BCUT2D eigenvalue weighted by atomic mass is 9.76. The first-order valence-electron chi connectivity index (χ1n) is 6.78. The van der Waals surface area contributed by atoms with Crippen LogP contribution in [0.2, 0.25) is 0 Å². The van der Waals surface area contributed by atoms with Crippen molar-refractivity contribution in [1.82, 2.24) is 10.2 Å². The molecule has 0 bridgehead atoms. The maximum absolute atomic E-state index is 12.7. The van der Waals surface area contributed by atoms with E-state index >= 15 is 0 Å². The Morgan fingerprint density at radius 1 is 1.47 bits per heavy atom. The molecule has 4 nitrogen and oxygen atoms in total. The topological polar surface area (TPSA) is 41.6 Å². The first kappa shape index (κ1) is 12.8. The van der Waals surface area contributed by atoms with Crippen LogP contribution >= 0.6 is 0 Å². The number of rotatable bonds is 2. The normalized spacial score (nSPS) is 29.1. The van der Waals surface area contributed by atoms with Gasteiger partial charge in [-0.25, -0.2) is 0 Å². The molecule has 0 saturated carbocycles. The summed E-state index contributed by atoms with van der Waals surface area (Å²) in [7, 11) is 0. The quantitative estimate of drug-likeness (QED) is 0.783. The Morgan fingerprint density at radius 2 is 2.18 bits per heavy atom. The second-order valence-electron chi connectivity index (χ2n) is 5.35. The van der Waals surface area contributed by atoms with E-state index in [2.05, 4.69) is 24.1 Å². The van der Waals surface area contributed by atoms with Gasteiger partial charge in [0.1, 0.15) is 0 Å². The Morgan fingerprint density at radius 3 is 2.76 bits per heavy atom. The molecule has 1 atom stereocenters. The van der Waals surface area contributed by atoms with Crippen molar-refractivity contribution in [3.05, 3.63) is 0 Å². The molecule has 1 N–H and O–H groups in total. The van der Waals surface area contributed by atoms with Crippen molar-refractivity contribution in [3.8, 4) is 0 Å². The van der Waals surface area contributed by atoms with Crippen LogP contribution in [0.25, 0.3) is 0 Å². The van der Waals surface area contributed by atoms with Gasteiger partial charge in [-0.1, -0.05) is 6.92 Å². The summed E-state index contributed by atoms with van der Waals surface area (Å²) in [6.45, 7) is 8.37. The number of piperazine rings is 1. The minimum Gasteiger partial charge on any atom is -0.381 e. The van der Waals surface area contributed by atoms with E-state index in [-0.39, 0.29) is 5.41 Å². The van der Waals surface area contributed by atoms with Crippen molar-refractivity contribution in [1.29, 1.82) is 0 Å². The highest BCUT2D eigenvalue weighted by Crippen LogP contribution is 2.36. The van der Waals surface area contributed by atoms with E-state index in [0.29, 0.717) is 11.9 Å². The molecule has 0 spiro atoms. The summed E-state index contributed by atoms with van der Waals surface area (Å²) >= 11 is 0. The van der Waals surface area contributed by atoms with Gasteiger partial charge in [-0.2, -0.15) is 0 Å². The first-order chi connectivity index (χ1) is 8.18. The van der Waals surface area contributed by atoms with Gasteiger partial charge in [-0.05, 0) is 26.2 Å². The maximum Gasteiger partial charge on any atom is 0.229 e. The molecule has 2 rings (SSSR count). The van der Waals surface area contributed by atoms with E-state index < -0.39 is 0 Å². The van der Waals surface area contributed by atoms with Gasteiger partial charge in [0.15, 0.2) is 0 Å². The predicted octanol–water partition coefficient (Wildman–Crippen LogP) is 1.01. The SMILES string of the molecule is CCC1(C(=O)N2CCN[C@H](C)C2)CCOCC1. The zero-order chi connectivity index (χ0) is 12.3. The van der Waals surface area contributed by atoms with Gasteiger partial charge >= 0.3 is 0 Å². The van der Waals surface area contributed by atoms with Gasteiger partial charge in [0.2, 0.25) is 5.91 Å². The second-order valence-corrected chi connectivity index (χ2v) is 5.35. The lowest BCUT2D eigenvalue weighted by molar-refractivity contribution is -0.149. The van der Waals surface area contributed by atoms with Crippen molar-refractivity contribution < 1.29 is 9.53 Å². The molecule has 2 aliphatic heterocycles. The third kappa shape index (κ3) is 2.63. The molecule has 17 heavy (non-hydrogen) atoms. The van der Waals surface area contributed by atoms with E-state index in [1.54, 1.807) is 0 Å². The van der Waals surface area contributed by atoms with Crippen LogP contribution in [0.4, 0.5) is 0 Å². The minimum atomic E-state index is -0.144. The molecule has 2 heterocycles. The molecule has 4 heteroatoms. The van der Waals surface area contributed by atoms with Gasteiger partial charge in [0.25, 0.3) is 0 Å². The molecule has 0 aromatic carbocycles. The molecular formula is C13H24N2O2. The highest BCUT2D eigenvalue weighted by molar-refractivity contribution is 5.83. The summed E-state index contributed by atoms with van der Waals surface area (Å²) in [4.78, 5) is 14.7. The monoisotopic (exact) mass is 240 g/mol. The number of nitrogens with one attached hydrogen (secondary N) is 1. The Hall–Kier alpha value is -0.610. The largest absolute Gasteiger partial charge is 0.381 e. The molecule has 2 fully saturated rings. The summed E-state index contributed by atoms with van der Waals surface area (Å²) in [6, 6.07) is 0.418. The fraction of sp³-hybridized carbons (Fsp3) is 0.923. The van der Waals surface area contributed by atoms with Gasteiger partial charge in [0, 0.05) is 38.9 Å². The van der Waals surface area contributed by atoms with Crippen LogP contribution in [0, 0.1) is 5.41 Å². The Kier molecular flexibility index (Phi) is 4.05. The molecule has 0 aliphatic carbocycles. The highest BCUT2D eigenvalue weighted by atomic mass is 16.5. The van der Waals surface area contributed by atoms with E-state index in [9.17, 15) is 4.79 Å². The average Bonchev–Trinajstić information content (AvgIpc) is 2.38. The molecule has 0 aromatic heterocycles. The standard InChI is InChI=1S/C13H24N2O2/c1-3-13(4-8-17-9-5-13)12(16)15-7-6-14-11(2)10-15/h11,14H,3-10H2,1-2H3/t11-/m1/s1. The molecule has 2 saturated heterocycles. The summed E-state index contributed by atoms with van der Waals surface area (Å²) in [5, 5.41) is 3.38. The summed E-state index contributed by atoms with van der Waals surface area (Å²) in [5.74, 6) is 0.358. The third-order valence-corrected chi connectivity index (χ3v) is 4.24. The number of carbonyl (C=O) groups is 1. The summed E-state index contributed by atoms with van der Waals surface area (Å²) in [6.07, 6.45) is 2.72. The van der Waals surface area contributed by atoms with E-state index in [4.69, 9.17) is 4.74 Å². The zero-order valence-corrected chi connectivity index (χ0v) is 11.0. The fourth-order valence-corrected chi connectivity index (χ4v) is 2.93. The molecule has 98 valence electrons. The van der Waals surface area contributed by atoms with Crippen molar-refractivity contribution in [2.45, 2.75) is 39.2 Å². The van der Waals surface area contributed by atoms with Crippen LogP contribution in [0.3, 0.4) is 0 Å². The van der Waals surface area contributed by atoms with Crippen molar-refractivity contribution in [2.75, 3.05) is 32.8 Å². The van der Waals surface area contributed by atoms with Crippen LogP contribution in [-0.2, 0) is 9.53 Å². The maximum atomic E-state index is 12.7. The lowest BCUT2D eigenvalue weighted by Gasteiger charge is -2.41. The molecule has 2 aliphatic rings. The van der Waals surface area contributed by atoms with Gasteiger partial charge < -0.3 is 15.0 Å². The van der Waals surface area contributed by atoms with Crippen LogP contribution in [0.15, 0.2) is 0 Å². The zero-order valence-electron chi connectivity index (χ0n) is 11.0. The third-order valence-electron chi connectivity index (χ3n) is 4.24. The van der Waals surface area contributed by atoms with Crippen molar-refractivity contribution in [3.63, 3.8) is 0 Å². The van der Waals surface area contributed by atoms with Crippen LogP contribution in [-0.4, -0.2) is 49.7 Å². The molecule has 0 radical (unpaired) electrons. The first-order valence-corrected chi connectivity index (χ1v) is 6.78. The van der Waals surface area contributed by atoms with E-state index in [1.165, 1.54) is 0 Å². The van der Waals surface area contributed by atoms with Crippen LogP contribution in [0.1, 0.15) is 33.1 Å². The van der Waals surface area contributed by atoms with E-state index in [0.717, 1.165) is 52.1 Å². The predicted molar refractivity (Wildman–Crippen MR) is 66.8 cm³/mol. The number of nitrogens with zero attached hydrogens (tertiary/aromatic N) is 1. The van der Waals surface area contributed by atoms with Gasteiger partial charge in [-0.3, -0.25) is 4.79 Å².